The summed E-state index contributed by atoms with van der Waals surface area (Å²) < 4.78 is 5.42. The lowest BCUT2D eigenvalue weighted by Crippen LogP contribution is -2.45. The molecule has 2 fully saturated rings. The molecule has 1 heterocycles. The first-order chi connectivity index (χ1) is 8.26. The fraction of sp³-hybridized carbons (Fsp3) is 0.923. The minimum atomic E-state index is -0.000318. The lowest BCUT2D eigenvalue weighted by Gasteiger charge is -2.18. The van der Waals surface area contributed by atoms with E-state index in [1.54, 1.807) is 0 Å². The molecule has 4 atom stereocenters. The second-order valence-electron chi connectivity index (χ2n) is 5.22. The van der Waals surface area contributed by atoms with Gasteiger partial charge in [0, 0.05) is 12.1 Å². The molecule has 1 saturated carbocycles. The van der Waals surface area contributed by atoms with E-state index in [1.807, 2.05) is 0 Å². The summed E-state index contributed by atoms with van der Waals surface area (Å²) in [5, 5.41) is 6.54. The number of carbonyl (C=O) groups excluding carboxylic acids is 1. The molecule has 0 aromatic carbocycles. The SMILES string of the molecule is CCCNC1COCC1C(=O)NC1CC1CC. The molecule has 4 heteroatoms. The van der Waals surface area contributed by atoms with Crippen LogP contribution in [0.15, 0.2) is 0 Å². The fourth-order valence-corrected chi connectivity index (χ4v) is 2.51. The Morgan fingerprint density at radius 2 is 2.12 bits per heavy atom. The predicted molar refractivity (Wildman–Crippen MR) is 66.7 cm³/mol. The Kier molecular flexibility index (Phi) is 4.40. The van der Waals surface area contributed by atoms with Gasteiger partial charge in [-0.05, 0) is 25.3 Å². The normalized spacial score (nSPS) is 35.9. The van der Waals surface area contributed by atoms with Gasteiger partial charge in [-0.3, -0.25) is 4.79 Å². The Bertz CT molecular complexity index is 270. The van der Waals surface area contributed by atoms with Gasteiger partial charge in [-0.1, -0.05) is 20.3 Å². The average molecular weight is 240 g/mol. The van der Waals surface area contributed by atoms with Crippen LogP contribution in [0.5, 0.6) is 0 Å². The molecule has 1 aliphatic carbocycles. The van der Waals surface area contributed by atoms with Crippen LogP contribution in [-0.2, 0) is 9.53 Å². The zero-order chi connectivity index (χ0) is 12.3. The van der Waals surface area contributed by atoms with E-state index >= 15 is 0 Å². The maximum absolute atomic E-state index is 12.1. The van der Waals surface area contributed by atoms with Gasteiger partial charge in [0.15, 0.2) is 0 Å². The molecule has 0 spiro atoms. The van der Waals surface area contributed by atoms with Gasteiger partial charge in [-0.15, -0.1) is 0 Å². The Morgan fingerprint density at radius 3 is 2.76 bits per heavy atom. The lowest BCUT2D eigenvalue weighted by atomic mass is 10.0. The largest absolute Gasteiger partial charge is 0.379 e. The molecule has 0 radical (unpaired) electrons. The van der Waals surface area contributed by atoms with Crippen LogP contribution in [0.4, 0.5) is 0 Å². The highest BCUT2D eigenvalue weighted by Gasteiger charge is 2.40. The number of hydrogen-bond acceptors (Lipinski definition) is 3. The monoisotopic (exact) mass is 240 g/mol. The third-order valence-electron chi connectivity index (χ3n) is 3.85. The molecule has 2 rings (SSSR count). The number of rotatable bonds is 6. The maximum atomic E-state index is 12.1. The summed E-state index contributed by atoms with van der Waals surface area (Å²) in [6.07, 6.45) is 3.41. The van der Waals surface area contributed by atoms with Crippen molar-refractivity contribution in [2.24, 2.45) is 11.8 Å². The third kappa shape index (κ3) is 3.19. The molecular formula is C13H24N2O2. The molecule has 2 aliphatic rings. The Balaban J connectivity index is 1.77. The second-order valence-corrected chi connectivity index (χ2v) is 5.22. The number of hydrogen-bond donors (Lipinski definition) is 2. The molecule has 17 heavy (non-hydrogen) atoms. The van der Waals surface area contributed by atoms with Crippen LogP contribution in [0.1, 0.15) is 33.1 Å². The fourth-order valence-electron chi connectivity index (χ4n) is 2.51. The van der Waals surface area contributed by atoms with Gasteiger partial charge < -0.3 is 15.4 Å². The summed E-state index contributed by atoms with van der Waals surface area (Å²) in [5.74, 6) is 0.889. The van der Waals surface area contributed by atoms with E-state index < -0.39 is 0 Å². The minimum absolute atomic E-state index is 0.000318. The average Bonchev–Trinajstić information content (AvgIpc) is 2.90. The molecule has 1 aliphatic heterocycles. The lowest BCUT2D eigenvalue weighted by molar-refractivity contribution is -0.125. The van der Waals surface area contributed by atoms with Crippen molar-refractivity contribution in [1.82, 2.24) is 10.6 Å². The predicted octanol–water partition coefficient (Wildman–Crippen LogP) is 0.916. The zero-order valence-electron chi connectivity index (χ0n) is 10.9. The van der Waals surface area contributed by atoms with Crippen molar-refractivity contribution in [3.63, 3.8) is 0 Å². The first kappa shape index (κ1) is 12.8. The Labute approximate surface area is 103 Å². The Hall–Kier alpha value is -0.610. The van der Waals surface area contributed by atoms with Crippen molar-refractivity contribution in [2.45, 2.75) is 45.2 Å². The van der Waals surface area contributed by atoms with E-state index in [0.29, 0.717) is 25.2 Å². The summed E-state index contributed by atoms with van der Waals surface area (Å²) in [5.41, 5.74) is 0. The van der Waals surface area contributed by atoms with E-state index in [2.05, 4.69) is 24.5 Å². The summed E-state index contributed by atoms with van der Waals surface area (Å²) in [4.78, 5) is 12.1. The molecule has 1 saturated heterocycles. The van der Waals surface area contributed by atoms with Crippen LogP contribution in [0, 0.1) is 11.8 Å². The summed E-state index contributed by atoms with van der Waals surface area (Å²) in [6, 6.07) is 0.633. The molecule has 0 aromatic rings. The number of ether oxygens (including phenoxy) is 1. The van der Waals surface area contributed by atoms with Crippen LogP contribution in [-0.4, -0.2) is 37.7 Å². The number of nitrogens with one attached hydrogen (secondary N) is 2. The quantitative estimate of drug-likeness (QED) is 0.726. The first-order valence-corrected chi connectivity index (χ1v) is 6.87. The van der Waals surface area contributed by atoms with Gasteiger partial charge in [0.25, 0.3) is 0 Å². The van der Waals surface area contributed by atoms with Crippen LogP contribution >= 0.6 is 0 Å². The molecule has 4 nitrogen and oxygen atoms in total. The van der Waals surface area contributed by atoms with Crippen LogP contribution in [0.25, 0.3) is 0 Å². The first-order valence-electron chi connectivity index (χ1n) is 6.87. The van der Waals surface area contributed by atoms with Gasteiger partial charge >= 0.3 is 0 Å². The topological polar surface area (TPSA) is 50.4 Å². The summed E-state index contributed by atoms with van der Waals surface area (Å²) >= 11 is 0. The van der Waals surface area contributed by atoms with Crippen LogP contribution in [0.3, 0.4) is 0 Å². The molecule has 2 N–H and O–H groups in total. The molecule has 98 valence electrons. The highest BCUT2D eigenvalue weighted by atomic mass is 16.5. The number of amides is 1. The van der Waals surface area contributed by atoms with Gasteiger partial charge in [-0.2, -0.15) is 0 Å². The standard InChI is InChI=1S/C13H24N2O2/c1-3-5-14-12-8-17-7-10(12)13(16)15-11-6-9(11)4-2/h9-12,14H,3-8H2,1-2H3,(H,15,16). The van der Waals surface area contributed by atoms with Crippen molar-refractivity contribution in [3.8, 4) is 0 Å². The molecular weight excluding hydrogens is 216 g/mol. The van der Waals surface area contributed by atoms with Gasteiger partial charge in [-0.25, -0.2) is 0 Å². The van der Waals surface area contributed by atoms with Gasteiger partial charge in [0.05, 0.1) is 19.1 Å². The van der Waals surface area contributed by atoms with E-state index in [1.165, 1.54) is 6.42 Å². The van der Waals surface area contributed by atoms with Crippen LogP contribution in [0.2, 0.25) is 0 Å². The molecule has 4 unspecified atom stereocenters. The van der Waals surface area contributed by atoms with E-state index in [9.17, 15) is 4.79 Å². The highest BCUT2D eigenvalue weighted by Crippen LogP contribution is 2.33. The van der Waals surface area contributed by atoms with E-state index in [4.69, 9.17) is 4.74 Å². The van der Waals surface area contributed by atoms with Crippen LogP contribution < -0.4 is 10.6 Å². The van der Waals surface area contributed by atoms with E-state index in [-0.39, 0.29) is 17.9 Å². The summed E-state index contributed by atoms with van der Waals surface area (Å²) in [7, 11) is 0. The van der Waals surface area contributed by atoms with Crippen molar-refractivity contribution in [2.75, 3.05) is 19.8 Å². The second kappa shape index (κ2) is 5.83. The van der Waals surface area contributed by atoms with Crippen molar-refractivity contribution in [1.29, 1.82) is 0 Å². The van der Waals surface area contributed by atoms with Crippen molar-refractivity contribution in [3.05, 3.63) is 0 Å². The Morgan fingerprint density at radius 1 is 1.29 bits per heavy atom. The zero-order valence-corrected chi connectivity index (χ0v) is 10.9. The highest BCUT2D eigenvalue weighted by molar-refractivity contribution is 5.80. The molecule has 0 aromatic heterocycles. The van der Waals surface area contributed by atoms with Gasteiger partial charge in [0.2, 0.25) is 5.91 Å². The minimum Gasteiger partial charge on any atom is -0.379 e. The van der Waals surface area contributed by atoms with Gasteiger partial charge in [0.1, 0.15) is 0 Å². The number of carbonyl (C=O) groups is 1. The molecule has 1 amide bonds. The van der Waals surface area contributed by atoms with E-state index in [0.717, 1.165) is 19.4 Å². The van der Waals surface area contributed by atoms with Crippen molar-refractivity contribution >= 4 is 5.91 Å². The third-order valence-corrected chi connectivity index (χ3v) is 3.85. The maximum Gasteiger partial charge on any atom is 0.227 e. The summed E-state index contributed by atoms with van der Waals surface area (Å²) in [6.45, 7) is 6.50. The smallest absolute Gasteiger partial charge is 0.227 e. The molecule has 0 bridgehead atoms. The van der Waals surface area contributed by atoms with Crippen molar-refractivity contribution < 1.29 is 9.53 Å².